The summed E-state index contributed by atoms with van der Waals surface area (Å²) in [5.74, 6) is 0. The molecule has 1 N–H and O–H groups in total. The van der Waals surface area contributed by atoms with E-state index in [4.69, 9.17) is 9.47 Å². The van der Waals surface area contributed by atoms with Crippen molar-refractivity contribution in [2.45, 2.75) is 45.4 Å². The molecule has 0 aliphatic carbocycles. The fourth-order valence-electron chi connectivity index (χ4n) is 2.24. The van der Waals surface area contributed by atoms with Crippen LogP contribution < -0.4 is 5.32 Å². The Morgan fingerprint density at radius 3 is 3.05 bits per heavy atom. The van der Waals surface area contributed by atoms with Gasteiger partial charge < -0.3 is 14.8 Å². The summed E-state index contributed by atoms with van der Waals surface area (Å²) in [6.07, 6.45) is 1.60. The number of carbonyl (C=O) groups is 1. The molecule has 1 amide bonds. The number of aromatic nitrogens is 1. The lowest BCUT2D eigenvalue weighted by atomic mass is 10.2. The van der Waals surface area contributed by atoms with Crippen LogP contribution in [0, 0.1) is 0 Å². The summed E-state index contributed by atoms with van der Waals surface area (Å²) in [4.78, 5) is 19.3. The molecule has 0 radical (unpaired) electrons. The molecule has 2 rings (SSSR count). The van der Waals surface area contributed by atoms with E-state index in [1.165, 1.54) is 4.88 Å². The monoisotopic (exact) mass is 327 g/mol. The summed E-state index contributed by atoms with van der Waals surface area (Å²) in [6.45, 7) is 10.0. The summed E-state index contributed by atoms with van der Waals surface area (Å²) in [5, 5.41) is 3.44. The third kappa shape index (κ3) is 4.93. The summed E-state index contributed by atoms with van der Waals surface area (Å²) in [6, 6.07) is 0.189. The second kappa shape index (κ2) is 7.39. The van der Waals surface area contributed by atoms with Gasteiger partial charge in [0.15, 0.2) is 0 Å². The van der Waals surface area contributed by atoms with E-state index in [-0.39, 0.29) is 18.2 Å². The number of hydrogen-bond donors (Lipinski definition) is 1. The van der Waals surface area contributed by atoms with Crippen LogP contribution in [0.2, 0.25) is 0 Å². The van der Waals surface area contributed by atoms with Crippen molar-refractivity contribution < 1.29 is 14.3 Å². The van der Waals surface area contributed by atoms with E-state index in [1.807, 2.05) is 32.5 Å². The molecule has 1 aliphatic rings. The number of morpholine rings is 1. The molecule has 22 heavy (non-hydrogen) atoms. The fraction of sp³-hybridized carbons (Fsp3) is 0.733. The van der Waals surface area contributed by atoms with Gasteiger partial charge in [-0.05, 0) is 27.7 Å². The molecule has 0 bridgehead atoms. The Balaban J connectivity index is 1.90. The van der Waals surface area contributed by atoms with Crippen molar-refractivity contribution in [2.75, 3.05) is 26.3 Å². The number of nitrogens with zero attached hydrogens (tertiary/aromatic N) is 2. The summed E-state index contributed by atoms with van der Waals surface area (Å²) in [7, 11) is 0. The summed E-state index contributed by atoms with van der Waals surface area (Å²) in [5.41, 5.74) is 1.34. The van der Waals surface area contributed by atoms with E-state index in [0.29, 0.717) is 26.3 Å². The fourth-order valence-corrected chi connectivity index (χ4v) is 2.89. The van der Waals surface area contributed by atoms with Crippen LogP contribution >= 0.6 is 11.3 Å². The Kier molecular flexibility index (Phi) is 5.77. The second-order valence-corrected chi connectivity index (χ2v) is 7.35. The van der Waals surface area contributed by atoms with Crippen molar-refractivity contribution in [3.05, 3.63) is 16.6 Å². The number of hydrogen-bond acceptors (Lipinski definition) is 6. The van der Waals surface area contributed by atoms with Gasteiger partial charge in [-0.15, -0.1) is 11.3 Å². The molecule has 1 saturated heterocycles. The minimum absolute atomic E-state index is 0.0148. The highest BCUT2D eigenvalue weighted by Crippen LogP contribution is 2.18. The first-order valence-electron chi connectivity index (χ1n) is 7.56. The third-order valence-corrected chi connectivity index (χ3v) is 4.35. The Labute approximate surface area is 135 Å². The number of rotatable bonds is 4. The molecule has 124 valence electrons. The molecule has 1 aliphatic heterocycles. The van der Waals surface area contributed by atoms with Crippen molar-refractivity contribution in [3.63, 3.8) is 0 Å². The molecular formula is C15H25N3O3S. The Morgan fingerprint density at radius 2 is 2.41 bits per heavy atom. The molecule has 2 atom stereocenters. The molecule has 0 aromatic carbocycles. The predicted octanol–water partition coefficient (Wildman–Crippen LogP) is 2.43. The second-order valence-electron chi connectivity index (χ2n) is 6.44. The standard InChI is InChI=1S/C15H25N3O3S/c1-11(13-8-16-10-22-13)17-7-12-9-20-6-5-18(12)14(19)21-15(2,3)4/h8,10-12,17H,5-7,9H2,1-4H3. The van der Waals surface area contributed by atoms with E-state index in [0.717, 1.165) is 0 Å². The smallest absolute Gasteiger partial charge is 0.410 e. The normalized spacial score (nSPS) is 20.7. The zero-order valence-corrected chi connectivity index (χ0v) is 14.5. The maximum absolute atomic E-state index is 12.3. The van der Waals surface area contributed by atoms with E-state index in [2.05, 4.69) is 17.2 Å². The summed E-state index contributed by atoms with van der Waals surface area (Å²) >= 11 is 1.62. The molecule has 6 nitrogen and oxygen atoms in total. The zero-order valence-electron chi connectivity index (χ0n) is 13.7. The van der Waals surface area contributed by atoms with Gasteiger partial charge in [-0.1, -0.05) is 0 Å². The molecule has 7 heteroatoms. The van der Waals surface area contributed by atoms with Crippen LogP contribution in [0.25, 0.3) is 0 Å². The van der Waals surface area contributed by atoms with Crippen LogP contribution in [0.1, 0.15) is 38.6 Å². The van der Waals surface area contributed by atoms with E-state index >= 15 is 0 Å². The third-order valence-electron chi connectivity index (χ3n) is 3.39. The molecule has 2 heterocycles. The predicted molar refractivity (Wildman–Crippen MR) is 86.1 cm³/mol. The van der Waals surface area contributed by atoms with Gasteiger partial charge in [0.25, 0.3) is 0 Å². The first kappa shape index (κ1) is 17.2. The highest BCUT2D eigenvalue weighted by Gasteiger charge is 2.31. The minimum atomic E-state index is -0.483. The maximum Gasteiger partial charge on any atom is 0.410 e. The van der Waals surface area contributed by atoms with Crippen LogP contribution in [0.3, 0.4) is 0 Å². The van der Waals surface area contributed by atoms with Gasteiger partial charge in [-0.25, -0.2) is 4.79 Å². The van der Waals surface area contributed by atoms with Gasteiger partial charge in [0.1, 0.15) is 5.60 Å². The maximum atomic E-state index is 12.3. The first-order chi connectivity index (χ1) is 10.4. The van der Waals surface area contributed by atoms with Crippen LogP contribution in [-0.4, -0.2) is 53.9 Å². The number of carbonyl (C=O) groups excluding carboxylic acids is 1. The number of amides is 1. The molecular weight excluding hydrogens is 302 g/mol. The largest absolute Gasteiger partial charge is 0.444 e. The first-order valence-corrected chi connectivity index (χ1v) is 8.44. The number of thiazole rings is 1. The Morgan fingerprint density at radius 1 is 1.64 bits per heavy atom. The molecule has 1 aromatic rings. The minimum Gasteiger partial charge on any atom is -0.444 e. The quantitative estimate of drug-likeness (QED) is 0.920. The van der Waals surface area contributed by atoms with Crippen molar-refractivity contribution in [2.24, 2.45) is 0 Å². The lowest BCUT2D eigenvalue weighted by Crippen LogP contribution is -2.54. The highest BCUT2D eigenvalue weighted by molar-refractivity contribution is 7.09. The highest BCUT2D eigenvalue weighted by atomic mass is 32.1. The van der Waals surface area contributed by atoms with E-state index < -0.39 is 5.60 Å². The van der Waals surface area contributed by atoms with Crippen molar-refractivity contribution in [1.82, 2.24) is 15.2 Å². The van der Waals surface area contributed by atoms with Crippen molar-refractivity contribution >= 4 is 17.4 Å². The van der Waals surface area contributed by atoms with Gasteiger partial charge >= 0.3 is 6.09 Å². The van der Waals surface area contributed by atoms with Gasteiger partial charge in [-0.2, -0.15) is 0 Å². The number of nitrogens with one attached hydrogen (secondary N) is 1. The molecule has 1 fully saturated rings. The molecule has 0 spiro atoms. The van der Waals surface area contributed by atoms with Crippen LogP contribution in [-0.2, 0) is 9.47 Å². The van der Waals surface area contributed by atoms with Gasteiger partial charge in [0, 0.05) is 30.2 Å². The van der Waals surface area contributed by atoms with Gasteiger partial charge in [-0.3, -0.25) is 9.88 Å². The lowest BCUT2D eigenvalue weighted by Gasteiger charge is -2.37. The van der Waals surface area contributed by atoms with Crippen LogP contribution in [0.5, 0.6) is 0 Å². The van der Waals surface area contributed by atoms with Crippen molar-refractivity contribution in [3.8, 4) is 0 Å². The average molecular weight is 327 g/mol. The topological polar surface area (TPSA) is 63.7 Å². The average Bonchev–Trinajstić information content (AvgIpc) is 2.97. The van der Waals surface area contributed by atoms with Gasteiger partial charge in [0.05, 0.1) is 24.8 Å². The molecule has 1 aromatic heterocycles. The SMILES string of the molecule is CC(NCC1COCCN1C(=O)OC(C)(C)C)c1cncs1. The zero-order chi connectivity index (χ0) is 16.2. The Bertz CT molecular complexity index is 473. The van der Waals surface area contributed by atoms with Crippen molar-refractivity contribution in [1.29, 1.82) is 0 Å². The van der Waals surface area contributed by atoms with Gasteiger partial charge in [0.2, 0.25) is 0 Å². The molecule has 2 unspecified atom stereocenters. The van der Waals surface area contributed by atoms with E-state index in [9.17, 15) is 4.79 Å². The summed E-state index contributed by atoms with van der Waals surface area (Å²) < 4.78 is 11.0. The number of ether oxygens (including phenoxy) is 2. The molecule has 0 saturated carbocycles. The van der Waals surface area contributed by atoms with Crippen LogP contribution in [0.15, 0.2) is 11.7 Å². The Hall–Kier alpha value is -1.18. The van der Waals surface area contributed by atoms with E-state index in [1.54, 1.807) is 16.2 Å². The lowest BCUT2D eigenvalue weighted by molar-refractivity contribution is -0.0321. The van der Waals surface area contributed by atoms with Crippen LogP contribution in [0.4, 0.5) is 4.79 Å².